The second kappa shape index (κ2) is 7.29. The minimum atomic E-state index is -0.150. The van der Waals surface area contributed by atoms with Crippen molar-refractivity contribution in [1.29, 1.82) is 0 Å². The normalized spacial score (nSPS) is 11.0. The SMILES string of the molecule is Cc1ccccc1C(=O)Nc1ccc(Oc2nc3ccccc3n3cnnc23)cc1. The van der Waals surface area contributed by atoms with Gasteiger partial charge in [0.15, 0.2) is 0 Å². The van der Waals surface area contributed by atoms with E-state index in [9.17, 15) is 4.79 Å². The number of fused-ring (bicyclic) bond motifs is 3. The maximum atomic E-state index is 12.5. The molecule has 2 aromatic heterocycles. The molecule has 5 aromatic rings. The van der Waals surface area contributed by atoms with Gasteiger partial charge in [-0.1, -0.05) is 30.3 Å². The number of ether oxygens (including phenoxy) is 1. The maximum Gasteiger partial charge on any atom is 0.266 e. The zero-order valence-corrected chi connectivity index (χ0v) is 16.1. The van der Waals surface area contributed by atoms with Crippen LogP contribution in [0.4, 0.5) is 5.69 Å². The average molecular weight is 395 g/mol. The van der Waals surface area contributed by atoms with E-state index in [0.29, 0.717) is 28.5 Å². The van der Waals surface area contributed by atoms with Crippen LogP contribution in [-0.4, -0.2) is 25.5 Å². The lowest BCUT2D eigenvalue weighted by Crippen LogP contribution is -2.13. The number of benzene rings is 3. The zero-order valence-electron chi connectivity index (χ0n) is 16.1. The van der Waals surface area contributed by atoms with Gasteiger partial charge in [0.05, 0.1) is 11.0 Å². The first kappa shape index (κ1) is 17.8. The fraction of sp³-hybridized carbons (Fsp3) is 0.0435. The van der Waals surface area contributed by atoms with Crippen LogP contribution in [0.15, 0.2) is 79.1 Å². The van der Waals surface area contributed by atoms with Crippen molar-refractivity contribution in [3.63, 3.8) is 0 Å². The minimum Gasteiger partial charge on any atom is -0.436 e. The second-order valence-corrected chi connectivity index (χ2v) is 6.83. The molecule has 0 aliphatic carbocycles. The number of para-hydroxylation sites is 2. The van der Waals surface area contributed by atoms with Crippen LogP contribution in [0.25, 0.3) is 16.7 Å². The molecule has 0 atom stereocenters. The maximum absolute atomic E-state index is 12.5. The quantitative estimate of drug-likeness (QED) is 0.480. The standard InChI is InChI=1S/C23H17N5O2/c1-15-6-2-3-7-18(15)22(29)25-16-10-12-17(13-11-16)30-23-21-27-24-14-28(21)20-9-5-4-8-19(20)26-23/h2-14H,1H3,(H,25,29). The third kappa shape index (κ3) is 3.22. The minimum absolute atomic E-state index is 0.150. The van der Waals surface area contributed by atoms with Gasteiger partial charge >= 0.3 is 0 Å². The van der Waals surface area contributed by atoms with Crippen molar-refractivity contribution in [2.24, 2.45) is 0 Å². The van der Waals surface area contributed by atoms with Crippen molar-refractivity contribution >= 4 is 28.3 Å². The molecule has 0 radical (unpaired) electrons. The molecule has 1 N–H and O–H groups in total. The summed E-state index contributed by atoms with van der Waals surface area (Å²) in [5.41, 5.74) is 4.46. The Labute approximate surface area is 172 Å². The van der Waals surface area contributed by atoms with Crippen molar-refractivity contribution in [3.8, 4) is 11.6 Å². The molecule has 30 heavy (non-hydrogen) atoms. The Kier molecular flexibility index (Phi) is 4.33. The van der Waals surface area contributed by atoms with E-state index in [0.717, 1.165) is 16.6 Å². The van der Waals surface area contributed by atoms with E-state index < -0.39 is 0 Å². The summed E-state index contributed by atoms with van der Waals surface area (Å²) in [6.45, 7) is 1.91. The molecule has 3 aromatic carbocycles. The van der Waals surface area contributed by atoms with E-state index in [1.807, 2.05) is 53.8 Å². The first-order chi connectivity index (χ1) is 14.7. The Morgan fingerprint density at radius 3 is 2.57 bits per heavy atom. The molecule has 7 nitrogen and oxygen atoms in total. The molecule has 0 saturated carbocycles. The lowest BCUT2D eigenvalue weighted by Gasteiger charge is -2.10. The molecule has 5 rings (SSSR count). The molecule has 1 amide bonds. The van der Waals surface area contributed by atoms with Gasteiger partial charge < -0.3 is 10.1 Å². The number of hydrogen-bond acceptors (Lipinski definition) is 5. The predicted octanol–water partition coefficient (Wildman–Crippen LogP) is 4.63. The number of nitrogens with zero attached hydrogens (tertiary/aromatic N) is 4. The molecule has 0 aliphatic heterocycles. The summed E-state index contributed by atoms with van der Waals surface area (Å²) in [6.07, 6.45) is 1.64. The molecule has 146 valence electrons. The number of nitrogens with one attached hydrogen (secondary N) is 1. The van der Waals surface area contributed by atoms with Crippen molar-refractivity contribution in [3.05, 3.63) is 90.3 Å². The number of carbonyl (C=O) groups excluding carboxylic acids is 1. The van der Waals surface area contributed by atoms with Gasteiger partial charge in [0.25, 0.3) is 11.8 Å². The van der Waals surface area contributed by atoms with Gasteiger partial charge in [-0.25, -0.2) is 4.98 Å². The summed E-state index contributed by atoms with van der Waals surface area (Å²) in [7, 11) is 0. The van der Waals surface area contributed by atoms with E-state index in [1.165, 1.54) is 0 Å². The van der Waals surface area contributed by atoms with E-state index in [2.05, 4.69) is 20.5 Å². The van der Waals surface area contributed by atoms with Crippen molar-refractivity contribution in [2.45, 2.75) is 6.92 Å². The number of aromatic nitrogens is 4. The molecule has 0 saturated heterocycles. The van der Waals surface area contributed by atoms with Gasteiger partial charge in [0.2, 0.25) is 5.65 Å². The topological polar surface area (TPSA) is 81.4 Å². The van der Waals surface area contributed by atoms with E-state index in [1.54, 1.807) is 36.7 Å². The van der Waals surface area contributed by atoms with Crippen LogP contribution >= 0.6 is 0 Å². The largest absolute Gasteiger partial charge is 0.436 e. The third-order valence-electron chi connectivity index (χ3n) is 4.82. The lowest BCUT2D eigenvalue weighted by atomic mass is 10.1. The van der Waals surface area contributed by atoms with Crippen LogP contribution < -0.4 is 10.1 Å². The Morgan fingerprint density at radius 1 is 0.967 bits per heavy atom. The van der Waals surface area contributed by atoms with Crippen molar-refractivity contribution in [2.75, 3.05) is 5.32 Å². The first-order valence-corrected chi connectivity index (χ1v) is 9.42. The highest BCUT2D eigenvalue weighted by atomic mass is 16.5. The van der Waals surface area contributed by atoms with Gasteiger partial charge in [-0.2, -0.15) is 0 Å². The fourth-order valence-electron chi connectivity index (χ4n) is 3.29. The number of rotatable bonds is 4. The summed E-state index contributed by atoms with van der Waals surface area (Å²) < 4.78 is 7.82. The van der Waals surface area contributed by atoms with E-state index >= 15 is 0 Å². The number of hydrogen-bond donors (Lipinski definition) is 1. The highest BCUT2D eigenvalue weighted by Gasteiger charge is 2.13. The predicted molar refractivity (Wildman–Crippen MR) is 114 cm³/mol. The molecule has 0 unspecified atom stereocenters. The molecule has 0 spiro atoms. The second-order valence-electron chi connectivity index (χ2n) is 6.83. The van der Waals surface area contributed by atoms with E-state index in [4.69, 9.17) is 4.74 Å². The Bertz CT molecular complexity index is 1380. The monoisotopic (exact) mass is 395 g/mol. The van der Waals surface area contributed by atoms with Crippen molar-refractivity contribution < 1.29 is 9.53 Å². The molecular weight excluding hydrogens is 378 g/mol. The number of anilines is 1. The molecule has 7 heteroatoms. The molecule has 2 heterocycles. The smallest absolute Gasteiger partial charge is 0.266 e. The summed E-state index contributed by atoms with van der Waals surface area (Å²) in [5, 5.41) is 11.0. The highest BCUT2D eigenvalue weighted by Crippen LogP contribution is 2.27. The summed E-state index contributed by atoms with van der Waals surface area (Å²) in [6, 6.07) is 22.3. The summed E-state index contributed by atoms with van der Waals surface area (Å²) in [5.74, 6) is 0.794. The van der Waals surface area contributed by atoms with Gasteiger partial charge in [-0.05, 0) is 55.0 Å². The Morgan fingerprint density at radius 2 is 1.73 bits per heavy atom. The van der Waals surface area contributed by atoms with Crippen LogP contribution in [-0.2, 0) is 0 Å². The average Bonchev–Trinajstić information content (AvgIpc) is 3.26. The first-order valence-electron chi connectivity index (χ1n) is 9.42. The highest BCUT2D eigenvalue weighted by molar-refractivity contribution is 6.05. The molecule has 0 bridgehead atoms. The van der Waals surface area contributed by atoms with E-state index in [-0.39, 0.29) is 5.91 Å². The van der Waals surface area contributed by atoms with Crippen LogP contribution in [0.5, 0.6) is 11.6 Å². The molecule has 0 fully saturated rings. The lowest BCUT2D eigenvalue weighted by molar-refractivity contribution is 0.102. The summed E-state index contributed by atoms with van der Waals surface area (Å²) in [4.78, 5) is 17.1. The van der Waals surface area contributed by atoms with Crippen LogP contribution in [0, 0.1) is 6.92 Å². The summed E-state index contributed by atoms with van der Waals surface area (Å²) >= 11 is 0. The Hall–Kier alpha value is -4.26. The van der Waals surface area contributed by atoms with Crippen molar-refractivity contribution in [1.82, 2.24) is 19.6 Å². The number of aryl methyl sites for hydroxylation is 1. The van der Waals surface area contributed by atoms with Crippen LogP contribution in [0.1, 0.15) is 15.9 Å². The Balaban J connectivity index is 1.39. The van der Waals surface area contributed by atoms with Crippen LogP contribution in [0.2, 0.25) is 0 Å². The van der Waals surface area contributed by atoms with Gasteiger partial charge in [-0.3, -0.25) is 9.20 Å². The number of amides is 1. The fourth-order valence-corrected chi connectivity index (χ4v) is 3.29. The van der Waals surface area contributed by atoms with Gasteiger partial charge in [-0.15, -0.1) is 10.2 Å². The van der Waals surface area contributed by atoms with Gasteiger partial charge in [0, 0.05) is 11.3 Å². The van der Waals surface area contributed by atoms with Crippen LogP contribution in [0.3, 0.4) is 0 Å². The third-order valence-corrected chi connectivity index (χ3v) is 4.82. The van der Waals surface area contributed by atoms with Gasteiger partial charge in [0.1, 0.15) is 12.1 Å². The zero-order chi connectivity index (χ0) is 20.5. The molecule has 0 aliphatic rings. The number of carbonyl (C=O) groups is 1. The molecular formula is C23H17N5O2.